The molecule has 0 saturated carbocycles. The van der Waals surface area contributed by atoms with Crippen LogP contribution in [0.15, 0.2) is 0 Å². The number of nitrogens with zero attached hydrogens (tertiary/aromatic N) is 1. The van der Waals surface area contributed by atoms with Crippen LogP contribution in [0.1, 0.15) is 19.8 Å². The van der Waals surface area contributed by atoms with Gasteiger partial charge in [0, 0.05) is 40.0 Å². The summed E-state index contributed by atoms with van der Waals surface area (Å²) in [5, 5.41) is 9.76. The van der Waals surface area contributed by atoms with Gasteiger partial charge in [-0.3, -0.25) is 4.90 Å². The molecule has 1 N–H and O–H groups in total. The molecule has 1 aliphatic rings. The van der Waals surface area contributed by atoms with Gasteiger partial charge in [-0.25, -0.2) is 0 Å². The van der Waals surface area contributed by atoms with Crippen molar-refractivity contribution in [2.45, 2.75) is 25.4 Å². The molecule has 0 aromatic heterocycles. The summed E-state index contributed by atoms with van der Waals surface area (Å²) in [6, 6.07) is 0. The Morgan fingerprint density at radius 1 is 1.27 bits per heavy atom. The quantitative estimate of drug-likeness (QED) is 0.601. The van der Waals surface area contributed by atoms with Crippen LogP contribution in [-0.4, -0.2) is 62.2 Å². The lowest BCUT2D eigenvalue weighted by Crippen LogP contribution is -2.61. The van der Waals surface area contributed by atoms with E-state index in [9.17, 15) is 5.11 Å². The van der Waals surface area contributed by atoms with Crippen molar-refractivity contribution in [1.82, 2.24) is 4.90 Å². The van der Waals surface area contributed by atoms with Gasteiger partial charge in [-0.2, -0.15) is 0 Å². The molecule has 90 valence electrons. The van der Waals surface area contributed by atoms with E-state index in [4.69, 9.17) is 9.47 Å². The van der Waals surface area contributed by atoms with E-state index < -0.39 is 5.60 Å². The zero-order valence-electron chi connectivity index (χ0n) is 9.87. The third kappa shape index (κ3) is 4.47. The first kappa shape index (κ1) is 12.9. The summed E-state index contributed by atoms with van der Waals surface area (Å²) >= 11 is 0. The fraction of sp³-hybridized carbons (Fsp3) is 1.00. The molecule has 0 aromatic carbocycles. The van der Waals surface area contributed by atoms with Crippen molar-refractivity contribution in [3.63, 3.8) is 0 Å². The van der Waals surface area contributed by atoms with E-state index in [2.05, 4.69) is 4.90 Å². The molecule has 0 amide bonds. The Hall–Kier alpha value is -0.160. The molecule has 4 nitrogen and oxygen atoms in total. The smallest absolute Gasteiger partial charge is 0.0897 e. The van der Waals surface area contributed by atoms with Crippen LogP contribution in [-0.2, 0) is 9.47 Å². The first-order chi connectivity index (χ1) is 7.20. The SMILES string of the molecule is CCC1(O)CN(CCOCCCOC)C1. The summed E-state index contributed by atoms with van der Waals surface area (Å²) < 4.78 is 10.4. The Morgan fingerprint density at radius 3 is 2.60 bits per heavy atom. The van der Waals surface area contributed by atoms with E-state index in [0.29, 0.717) is 0 Å². The Kier molecular flexibility index (Phi) is 5.53. The average Bonchev–Trinajstić information content (AvgIpc) is 2.20. The van der Waals surface area contributed by atoms with Gasteiger partial charge < -0.3 is 14.6 Å². The Balaban J connectivity index is 1.86. The molecule has 0 spiro atoms. The van der Waals surface area contributed by atoms with Crippen molar-refractivity contribution >= 4 is 0 Å². The van der Waals surface area contributed by atoms with Crippen LogP contribution in [0.3, 0.4) is 0 Å². The molecule has 1 aliphatic heterocycles. The van der Waals surface area contributed by atoms with Gasteiger partial charge in [0.05, 0.1) is 12.2 Å². The third-order valence-electron chi connectivity index (χ3n) is 2.88. The van der Waals surface area contributed by atoms with Crippen LogP contribution in [0, 0.1) is 0 Å². The first-order valence-corrected chi connectivity index (χ1v) is 5.71. The van der Waals surface area contributed by atoms with Gasteiger partial charge >= 0.3 is 0 Å². The predicted molar refractivity (Wildman–Crippen MR) is 59.0 cm³/mol. The molecule has 1 heterocycles. The molecule has 0 bridgehead atoms. The van der Waals surface area contributed by atoms with Gasteiger partial charge in [-0.1, -0.05) is 6.92 Å². The summed E-state index contributed by atoms with van der Waals surface area (Å²) in [6.45, 7) is 6.83. The average molecular weight is 217 g/mol. The molecule has 0 aromatic rings. The lowest BCUT2D eigenvalue weighted by Gasteiger charge is -2.46. The van der Waals surface area contributed by atoms with Crippen molar-refractivity contribution in [2.75, 3.05) is 46.6 Å². The lowest BCUT2D eigenvalue weighted by atomic mass is 9.91. The molecule has 15 heavy (non-hydrogen) atoms. The van der Waals surface area contributed by atoms with E-state index in [1.807, 2.05) is 6.92 Å². The van der Waals surface area contributed by atoms with Crippen molar-refractivity contribution in [3.05, 3.63) is 0 Å². The molecule has 1 saturated heterocycles. The minimum atomic E-state index is -0.421. The van der Waals surface area contributed by atoms with Crippen molar-refractivity contribution in [2.24, 2.45) is 0 Å². The van der Waals surface area contributed by atoms with Crippen LogP contribution >= 0.6 is 0 Å². The highest BCUT2D eigenvalue weighted by atomic mass is 16.5. The highest BCUT2D eigenvalue weighted by molar-refractivity contribution is 4.93. The maximum atomic E-state index is 9.76. The number of aliphatic hydroxyl groups is 1. The van der Waals surface area contributed by atoms with E-state index in [1.165, 1.54) is 0 Å². The van der Waals surface area contributed by atoms with Gasteiger partial charge in [-0.05, 0) is 12.8 Å². The minimum Gasteiger partial charge on any atom is -0.387 e. The summed E-state index contributed by atoms with van der Waals surface area (Å²) in [5.74, 6) is 0. The Labute approximate surface area is 92.2 Å². The number of rotatable bonds is 8. The summed E-state index contributed by atoms with van der Waals surface area (Å²) in [4.78, 5) is 2.22. The fourth-order valence-corrected chi connectivity index (χ4v) is 1.77. The standard InChI is InChI=1S/C11H23NO3/c1-3-11(13)9-12(10-11)5-8-15-7-4-6-14-2/h13H,3-10H2,1-2H3. The first-order valence-electron chi connectivity index (χ1n) is 5.71. The maximum absolute atomic E-state index is 9.76. The molecular weight excluding hydrogens is 194 g/mol. The molecule has 0 unspecified atom stereocenters. The molecule has 1 rings (SSSR count). The van der Waals surface area contributed by atoms with E-state index >= 15 is 0 Å². The second-order valence-electron chi connectivity index (χ2n) is 4.25. The van der Waals surface area contributed by atoms with Crippen LogP contribution in [0.4, 0.5) is 0 Å². The maximum Gasteiger partial charge on any atom is 0.0897 e. The summed E-state index contributed by atoms with van der Waals surface area (Å²) in [6.07, 6.45) is 1.80. The number of methoxy groups -OCH3 is 1. The lowest BCUT2D eigenvalue weighted by molar-refractivity contribution is -0.105. The Morgan fingerprint density at radius 2 is 2.00 bits per heavy atom. The number of hydrogen-bond acceptors (Lipinski definition) is 4. The van der Waals surface area contributed by atoms with Crippen molar-refractivity contribution in [1.29, 1.82) is 0 Å². The second kappa shape index (κ2) is 6.43. The van der Waals surface area contributed by atoms with E-state index in [0.717, 1.165) is 52.3 Å². The minimum absolute atomic E-state index is 0.421. The normalized spacial score (nSPS) is 20.2. The molecule has 4 heteroatoms. The summed E-state index contributed by atoms with van der Waals surface area (Å²) in [7, 11) is 1.70. The highest BCUT2D eigenvalue weighted by Crippen LogP contribution is 2.23. The number of β-amino-alcohol motifs (C(OH)–C–C–N with tert-alkyl or cyclic N) is 1. The van der Waals surface area contributed by atoms with Crippen LogP contribution in [0.2, 0.25) is 0 Å². The van der Waals surface area contributed by atoms with E-state index in [-0.39, 0.29) is 0 Å². The predicted octanol–water partition coefficient (Wildman–Crippen LogP) is 0.496. The topological polar surface area (TPSA) is 41.9 Å². The number of hydrogen-bond donors (Lipinski definition) is 1. The van der Waals surface area contributed by atoms with Gasteiger partial charge in [-0.15, -0.1) is 0 Å². The molecule has 1 fully saturated rings. The van der Waals surface area contributed by atoms with Crippen molar-refractivity contribution < 1.29 is 14.6 Å². The molecule has 0 radical (unpaired) electrons. The number of ether oxygens (including phenoxy) is 2. The van der Waals surface area contributed by atoms with Gasteiger partial charge in [0.2, 0.25) is 0 Å². The Bertz CT molecular complexity index is 169. The molecule has 0 aliphatic carbocycles. The zero-order chi connectivity index (χ0) is 11.1. The van der Waals surface area contributed by atoms with Crippen molar-refractivity contribution in [3.8, 4) is 0 Å². The van der Waals surface area contributed by atoms with Crippen LogP contribution in [0.25, 0.3) is 0 Å². The highest BCUT2D eigenvalue weighted by Gasteiger charge is 2.38. The van der Waals surface area contributed by atoms with Gasteiger partial charge in [0.25, 0.3) is 0 Å². The van der Waals surface area contributed by atoms with E-state index in [1.54, 1.807) is 7.11 Å². The van der Waals surface area contributed by atoms with Gasteiger partial charge in [0.15, 0.2) is 0 Å². The van der Waals surface area contributed by atoms with Crippen LogP contribution in [0.5, 0.6) is 0 Å². The fourth-order valence-electron chi connectivity index (χ4n) is 1.77. The molecule has 0 atom stereocenters. The number of likely N-dealkylation sites (tertiary alicyclic amines) is 1. The summed E-state index contributed by atoms with van der Waals surface area (Å²) in [5.41, 5.74) is -0.421. The second-order valence-corrected chi connectivity index (χ2v) is 4.25. The monoisotopic (exact) mass is 217 g/mol. The van der Waals surface area contributed by atoms with Crippen LogP contribution < -0.4 is 0 Å². The zero-order valence-corrected chi connectivity index (χ0v) is 9.87. The van der Waals surface area contributed by atoms with Gasteiger partial charge in [0.1, 0.15) is 0 Å². The largest absolute Gasteiger partial charge is 0.387 e. The third-order valence-corrected chi connectivity index (χ3v) is 2.88. The molecular formula is C11H23NO3.